The molecule has 0 aliphatic carbocycles. The van der Waals surface area contributed by atoms with Gasteiger partial charge in [-0.15, -0.1) is 5.10 Å². The maximum Gasteiger partial charge on any atom is 0.407 e. The van der Waals surface area contributed by atoms with Crippen molar-refractivity contribution in [2.24, 2.45) is 0 Å². The van der Waals surface area contributed by atoms with E-state index in [0.717, 1.165) is 34.8 Å². The minimum atomic E-state index is -2.41. The number of carbonyl (C=O) groups is 9. The van der Waals surface area contributed by atoms with E-state index in [9.17, 15) is 43.2 Å². The molecule has 0 spiro atoms. The molecule has 1 fully saturated rings. The summed E-state index contributed by atoms with van der Waals surface area (Å²) >= 11 is 0. The van der Waals surface area contributed by atoms with E-state index in [1.807, 2.05) is 0 Å². The Bertz CT molecular complexity index is 2250. The Morgan fingerprint density at radius 3 is 1.94 bits per heavy atom. The number of aromatic amines is 1. The summed E-state index contributed by atoms with van der Waals surface area (Å²) in [6, 6.07) is 5.20. The number of methoxy groups -OCH3 is 1. The van der Waals surface area contributed by atoms with E-state index in [1.54, 1.807) is 45.0 Å². The molecule has 1 aromatic carbocycles. The fraction of sp³-hybridized carbons (Fsp3) is 0.686. The number of alkyl carbamates (subject to hydrolysis) is 1. The number of carbonyl (C=O) groups excluding carboxylic acids is 9. The highest BCUT2D eigenvalue weighted by Gasteiger charge is 2.59. The quantitative estimate of drug-likeness (QED) is 0.0353. The van der Waals surface area contributed by atoms with Gasteiger partial charge in [-0.1, -0.05) is 37.1 Å². The highest BCUT2D eigenvalue weighted by Crippen LogP contribution is 2.37. The first-order valence-electron chi connectivity index (χ1n) is 26.1. The van der Waals surface area contributed by atoms with Crippen LogP contribution in [-0.4, -0.2) is 209 Å². The Balaban J connectivity index is 1.56. The zero-order chi connectivity index (χ0) is 58.9. The second kappa shape index (κ2) is 36.4. The predicted octanol–water partition coefficient (Wildman–Crippen LogP) is 0.701. The van der Waals surface area contributed by atoms with Crippen molar-refractivity contribution >= 4 is 53.7 Å². The normalized spacial score (nSPS) is 17.6. The number of amides is 4. The van der Waals surface area contributed by atoms with Gasteiger partial charge in [-0.3, -0.25) is 33.6 Å². The van der Waals surface area contributed by atoms with Crippen LogP contribution in [0.2, 0.25) is 0 Å². The third-order valence-electron chi connectivity index (χ3n) is 11.1. The number of tetrazole rings is 1. The van der Waals surface area contributed by atoms with Gasteiger partial charge in [0.2, 0.25) is 11.8 Å². The summed E-state index contributed by atoms with van der Waals surface area (Å²) in [5.74, 6) is -8.34. The maximum atomic E-state index is 13.9. The summed E-state index contributed by atoms with van der Waals surface area (Å²) in [7, 11) is 1.05. The number of unbranched alkanes of at least 4 members (excludes halogenated alkanes) is 3. The van der Waals surface area contributed by atoms with Crippen molar-refractivity contribution in [3.8, 4) is 11.4 Å². The molecule has 1 saturated heterocycles. The lowest BCUT2D eigenvalue weighted by Gasteiger charge is -2.48. The number of hydrogen-bond acceptors (Lipinski definition) is 24. The van der Waals surface area contributed by atoms with E-state index in [0.29, 0.717) is 95.4 Å². The number of H-pyrrole nitrogens is 1. The standard InChI is InChI=1S/C51H78N8O21/c1-33(60)74-32-43(66)55-44-39(76-34(2)61)30-51(48(67)69-8,79-46(44)45(78-36(4)63)40(77-35(3)62)31-54-42(65)29-37-13-15-38(16-14-37)47-56-58-59-57-47)75-20-12-10-9-11-18-52-41(64)17-21-70-23-25-72-27-28-73-26-24-71-22-19-53-49(68)80-50(5,6)7/h13-16,39-40,44-46H,9-12,17-32H2,1-8H3,(H,52,64)(H,53,68)(H,54,65)(H,55,66)(H,56,57,58,59)/t39-,40+,44+,45+,46+,51+/m0/s1. The number of nitrogens with one attached hydrogen (secondary N) is 5. The molecule has 0 radical (unpaired) electrons. The summed E-state index contributed by atoms with van der Waals surface area (Å²) in [4.78, 5) is 115. The van der Waals surface area contributed by atoms with Crippen LogP contribution in [0, 0.1) is 0 Å². The molecule has 6 atom stereocenters. The number of aromatic nitrogens is 4. The molecule has 1 aliphatic rings. The minimum absolute atomic E-state index is 0.139. The molecule has 29 nitrogen and oxygen atoms in total. The average Bonchev–Trinajstić information content (AvgIpc) is 3.97. The van der Waals surface area contributed by atoms with Gasteiger partial charge in [-0.25, -0.2) is 14.7 Å². The zero-order valence-corrected chi connectivity index (χ0v) is 46.8. The molecule has 5 N–H and O–H groups in total. The van der Waals surface area contributed by atoms with Crippen molar-refractivity contribution in [2.75, 3.05) is 92.8 Å². The van der Waals surface area contributed by atoms with E-state index in [-0.39, 0.29) is 38.6 Å². The second-order valence-electron chi connectivity index (χ2n) is 18.9. The molecule has 1 aromatic heterocycles. The molecule has 2 aromatic rings. The molecular weight excluding hydrogens is 1060 g/mol. The Hall–Kier alpha value is -6.92. The fourth-order valence-corrected chi connectivity index (χ4v) is 7.66. The third-order valence-corrected chi connectivity index (χ3v) is 11.1. The molecule has 0 saturated carbocycles. The molecule has 29 heteroatoms. The smallest absolute Gasteiger partial charge is 0.407 e. The molecule has 3 rings (SSSR count). The number of benzene rings is 1. The third kappa shape index (κ3) is 27.3. The van der Waals surface area contributed by atoms with Gasteiger partial charge in [0.15, 0.2) is 24.6 Å². The van der Waals surface area contributed by atoms with Crippen molar-refractivity contribution in [1.82, 2.24) is 41.9 Å². The van der Waals surface area contributed by atoms with Crippen LogP contribution in [0.1, 0.15) is 92.6 Å². The fourth-order valence-electron chi connectivity index (χ4n) is 7.66. The van der Waals surface area contributed by atoms with Crippen molar-refractivity contribution < 1.29 is 100.0 Å². The van der Waals surface area contributed by atoms with Gasteiger partial charge >= 0.3 is 35.9 Å². The van der Waals surface area contributed by atoms with Gasteiger partial charge in [0, 0.05) is 52.8 Å². The van der Waals surface area contributed by atoms with Crippen LogP contribution in [0.25, 0.3) is 11.4 Å². The van der Waals surface area contributed by atoms with Crippen molar-refractivity contribution in [3.05, 3.63) is 29.8 Å². The molecule has 2 heterocycles. The summed E-state index contributed by atoms with van der Waals surface area (Å²) in [6.07, 6.45) is -5.68. The van der Waals surface area contributed by atoms with Crippen LogP contribution < -0.4 is 21.3 Å². The number of esters is 5. The highest BCUT2D eigenvalue weighted by atomic mass is 16.7. The van der Waals surface area contributed by atoms with Crippen LogP contribution >= 0.6 is 0 Å². The lowest BCUT2D eigenvalue weighted by atomic mass is 9.87. The largest absolute Gasteiger partial charge is 0.465 e. The van der Waals surface area contributed by atoms with Gasteiger partial charge in [0.1, 0.15) is 17.8 Å². The molecule has 80 heavy (non-hydrogen) atoms. The Kier molecular flexibility index (Phi) is 30.6. The van der Waals surface area contributed by atoms with Gasteiger partial charge < -0.3 is 78.1 Å². The van der Waals surface area contributed by atoms with Crippen LogP contribution in [0.15, 0.2) is 24.3 Å². The molecule has 448 valence electrons. The first kappa shape index (κ1) is 67.4. The molecule has 4 amide bonds. The topological polar surface area (TPSA) is 367 Å². The summed E-state index contributed by atoms with van der Waals surface area (Å²) < 4.78 is 66.6. The van der Waals surface area contributed by atoms with E-state index in [4.69, 9.17) is 56.8 Å². The van der Waals surface area contributed by atoms with Crippen molar-refractivity contribution in [3.63, 3.8) is 0 Å². The summed E-state index contributed by atoms with van der Waals surface area (Å²) in [6.45, 7) is 11.3. The minimum Gasteiger partial charge on any atom is -0.465 e. The predicted molar refractivity (Wildman–Crippen MR) is 275 cm³/mol. The number of ether oxygens (including phenoxy) is 12. The highest BCUT2D eigenvalue weighted by molar-refractivity contribution is 5.81. The SMILES string of the molecule is COC(=O)[C@@]1(OCCCCCCNC(=O)CCOCCOCCOCCOCCNC(=O)OC(C)(C)C)C[C@H](OC(C)=O)[C@@H](NC(=O)COC(C)=O)[C@H]([C@H](OC(C)=O)[C@@H](CNC(=O)Cc2ccc(-c3nnn[nH]3)cc2)OC(C)=O)O1. The van der Waals surface area contributed by atoms with Crippen molar-refractivity contribution in [2.45, 2.75) is 135 Å². The Morgan fingerprint density at radius 1 is 0.713 bits per heavy atom. The Labute approximate surface area is 463 Å². The van der Waals surface area contributed by atoms with Crippen molar-refractivity contribution in [1.29, 1.82) is 0 Å². The van der Waals surface area contributed by atoms with E-state index in [2.05, 4.69) is 41.9 Å². The van der Waals surface area contributed by atoms with Crippen LogP contribution in [-0.2, 0) is 102 Å². The van der Waals surface area contributed by atoms with Crippen LogP contribution in [0.5, 0.6) is 0 Å². The van der Waals surface area contributed by atoms with Gasteiger partial charge in [-0.05, 0) is 49.6 Å². The average molecular weight is 1140 g/mol. The first-order valence-corrected chi connectivity index (χ1v) is 26.1. The molecular formula is C51H78N8O21. The second-order valence-corrected chi connectivity index (χ2v) is 18.9. The van der Waals surface area contributed by atoms with Gasteiger partial charge in [0.25, 0.3) is 11.7 Å². The monoisotopic (exact) mass is 1140 g/mol. The van der Waals surface area contributed by atoms with Crippen LogP contribution in [0.3, 0.4) is 0 Å². The molecule has 1 aliphatic heterocycles. The lowest BCUT2D eigenvalue weighted by Crippen LogP contribution is -2.70. The van der Waals surface area contributed by atoms with Gasteiger partial charge in [-0.2, -0.15) is 0 Å². The Morgan fingerprint density at radius 2 is 1.35 bits per heavy atom. The summed E-state index contributed by atoms with van der Waals surface area (Å²) in [5.41, 5.74) is 0.654. The van der Waals surface area contributed by atoms with Crippen LogP contribution in [0.4, 0.5) is 4.79 Å². The number of hydrogen-bond donors (Lipinski definition) is 5. The molecule has 0 unspecified atom stereocenters. The lowest BCUT2D eigenvalue weighted by molar-refractivity contribution is -0.313. The number of rotatable bonds is 37. The van der Waals surface area contributed by atoms with E-state index >= 15 is 0 Å². The maximum absolute atomic E-state index is 13.9. The molecule has 0 bridgehead atoms. The van der Waals surface area contributed by atoms with E-state index in [1.165, 1.54) is 0 Å². The number of nitrogens with zero attached hydrogens (tertiary/aromatic N) is 3. The summed E-state index contributed by atoms with van der Waals surface area (Å²) in [5, 5.41) is 24.3. The first-order chi connectivity index (χ1) is 38.1. The van der Waals surface area contributed by atoms with Gasteiger partial charge in [0.05, 0.1) is 92.0 Å². The zero-order valence-electron chi connectivity index (χ0n) is 46.8. The van der Waals surface area contributed by atoms with E-state index < -0.39 is 109 Å².